The van der Waals surface area contributed by atoms with Crippen LogP contribution in [0, 0.1) is 12.8 Å². The van der Waals surface area contributed by atoms with Crippen molar-refractivity contribution >= 4 is 27.5 Å². The molecule has 94 valence electrons. The maximum Gasteiger partial charge on any atom is 0.241 e. The lowest BCUT2D eigenvalue weighted by atomic mass is 9.99. The minimum atomic E-state index is -0.465. The largest absolute Gasteiger partial charge is 0.324 e. The number of rotatable bonds is 4. The molecule has 0 aromatic heterocycles. The van der Waals surface area contributed by atoms with Crippen molar-refractivity contribution < 1.29 is 4.79 Å². The highest BCUT2D eigenvalue weighted by Gasteiger charge is 2.20. The third-order valence-electron chi connectivity index (χ3n) is 3.01. The second-order valence-corrected chi connectivity index (χ2v) is 5.13. The monoisotopic (exact) mass is 298 g/mol. The molecule has 1 rings (SSSR count). The van der Waals surface area contributed by atoms with Crippen LogP contribution < -0.4 is 11.1 Å². The fourth-order valence-corrected chi connectivity index (χ4v) is 1.84. The first-order valence-electron chi connectivity index (χ1n) is 5.79. The lowest BCUT2D eigenvalue weighted by molar-refractivity contribution is -0.118. The first-order chi connectivity index (χ1) is 7.97. The number of hydrogen-bond donors (Lipinski definition) is 2. The zero-order valence-electron chi connectivity index (χ0n) is 10.5. The van der Waals surface area contributed by atoms with E-state index < -0.39 is 6.04 Å². The molecular weight excluding hydrogens is 280 g/mol. The molecule has 4 heteroatoms. The Hall–Kier alpha value is -0.870. The first-order valence-corrected chi connectivity index (χ1v) is 6.58. The average molecular weight is 299 g/mol. The van der Waals surface area contributed by atoms with Gasteiger partial charge in [-0.1, -0.05) is 32.4 Å². The van der Waals surface area contributed by atoms with Gasteiger partial charge in [-0.25, -0.2) is 0 Å². The Balaban J connectivity index is 2.78. The van der Waals surface area contributed by atoms with Crippen LogP contribution in [-0.2, 0) is 4.79 Å². The third kappa shape index (κ3) is 3.54. The molecule has 0 saturated heterocycles. The summed E-state index contributed by atoms with van der Waals surface area (Å²) in [5.74, 6) is 0.0456. The minimum absolute atomic E-state index is 0.134. The van der Waals surface area contributed by atoms with Gasteiger partial charge in [-0.2, -0.15) is 0 Å². The van der Waals surface area contributed by atoms with Crippen LogP contribution in [0.25, 0.3) is 0 Å². The molecule has 3 N–H and O–H groups in total. The molecule has 0 spiro atoms. The number of nitrogens with one attached hydrogen (secondary N) is 1. The Morgan fingerprint density at radius 1 is 1.53 bits per heavy atom. The van der Waals surface area contributed by atoms with E-state index in [9.17, 15) is 4.79 Å². The summed E-state index contributed by atoms with van der Waals surface area (Å²) >= 11 is 3.46. The Bertz CT molecular complexity index is 406. The maximum atomic E-state index is 11.9. The Labute approximate surface area is 111 Å². The molecule has 0 aliphatic carbocycles. The van der Waals surface area contributed by atoms with Crippen molar-refractivity contribution in [2.24, 2.45) is 11.7 Å². The zero-order chi connectivity index (χ0) is 13.0. The molecule has 17 heavy (non-hydrogen) atoms. The molecule has 1 aromatic carbocycles. The molecule has 0 radical (unpaired) electrons. The molecule has 1 amide bonds. The van der Waals surface area contributed by atoms with Crippen LogP contribution in [0.15, 0.2) is 22.7 Å². The van der Waals surface area contributed by atoms with E-state index in [-0.39, 0.29) is 11.8 Å². The molecule has 0 bridgehead atoms. The highest BCUT2D eigenvalue weighted by atomic mass is 79.9. The van der Waals surface area contributed by atoms with Crippen LogP contribution in [0.4, 0.5) is 5.69 Å². The number of benzene rings is 1. The van der Waals surface area contributed by atoms with Crippen molar-refractivity contribution in [3.63, 3.8) is 0 Å². The summed E-state index contributed by atoms with van der Waals surface area (Å²) in [6.07, 6.45) is 0.892. The van der Waals surface area contributed by atoms with E-state index in [0.29, 0.717) is 0 Å². The van der Waals surface area contributed by atoms with Crippen molar-refractivity contribution in [3.8, 4) is 0 Å². The molecule has 3 nitrogen and oxygen atoms in total. The summed E-state index contributed by atoms with van der Waals surface area (Å²) in [6, 6.07) is 5.28. The Morgan fingerprint density at radius 2 is 2.18 bits per heavy atom. The van der Waals surface area contributed by atoms with Gasteiger partial charge in [0.05, 0.1) is 11.7 Å². The van der Waals surface area contributed by atoms with Crippen LogP contribution in [0.2, 0.25) is 0 Å². The first kappa shape index (κ1) is 14.2. The quantitative estimate of drug-likeness (QED) is 0.897. The molecule has 0 fully saturated rings. The van der Waals surface area contributed by atoms with Gasteiger partial charge >= 0.3 is 0 Å². The van der Waals surface area contributed by atoms with Gasteiger partial charge in [0.25, 0.3) is 0 Å². The maximum absolute atomic E-state index is 11.9. The second-order valence-electron chi connectivity index (χ2n) is 4.34. The fraction of sp³-hybridized carbons (Fsp3) is 0.462. The van der Waals surface area contributed by atoms with Gasteiger partial charge in [0, 0.05) is 4.47 Å². The number of amides is 1. The normalized spacial score (nSPS) is 14.2. The highest BCUT2D eigenvalue weighted by Crippen LogP contribution is 2.26. The number of hydrogen-bond acceptors (Lipinski definition) is 2. The summed E-state index contributed by atoms with van der Waals surface area (Å²) in [4.78, 5) is 11.9. The highest BCUT2D eigenvalue weighted by molar-refractivity contribution is 9.10. The number of carbonyl (C=O) groups excluding carboxylic acids is 1. The molecule has 0 saturated carbocycles. The molecular formula is C13H19BrN2O. The van der Waals surface area contributed by atoms with Gasteiger partial charge < -0.3 is 11.1 Å². The molecule has 2 atom stereocenters. The van der Waals surface area contributed by atoms with Gasteiger partial charge in [-0.3, -0.25) is 4.79 Å². The summed E-state index contributed by atoms with van der Waals surface area (Å²) < 4.78 is 0.907. The Kier molecular flexibility index (Phi) is 5.15. The van der Waals surface area contributed by atoms with Crippen molar-refractivity contribution in [2.45, 2.75) is 33.2 Å². The van der Waals surface area contributed by atoms with Gasteiger partial charge in [0.15, 0.2) is 0 Å². The number of halogens is 1. The average Bonchev–Trinajstić information content (AvgIpc) is 2.32. The number of nitrogens with two attached hydrogens (primary N) is 1. The minimum Gasteiger partial charge on any atom is -0.324 e. The molecule has 0 aliphatic heterocycles. The van der Waals surface area contributed by atoms with E-state index in [0.717, 1.165) is 22.1 Å². The van der Waals surface area contributed by atoms with Crippen LogP contribution >= 0.6 is 15.9 Å². The lowest BCUT2D eigenvalue weighted by Crippen LogP contribution is -2.40. The predicted octanol–water partition coefficient (Wildman–Crippen LogP) is 3.07. The van der Waals surface area contributed by atoms with E-state index >= 15 is 0 Å². The van der Waals surface area contributed by atoms with E-state index in [2.05, 4.69) is 21.2 Å². The van der Waals surface area contributed by atoms with Crippen LogP contribution in [0.3, 0.4) is 0 Å². The topological polar surface area (TPSA) is 55.1 Å². The molecule has 0 heterocycles. The smallest absolute Gasteiger partial charge is 0.241 e. The van der Waals surface area contributed by atoms with Crippen molar-refractivity contribution in [2.75, 3.05) is 5.32 Å². The standard InChI is InChI=1S/C13H19BrN2O/c1-4-8(2)12(15)13(17)16-10-7-5-6-9(3)11(10)14/h5-8,12H,4,15H2,1-3H3,(H,16,17)/t8-,12-/m0/s1. The lowest BCUT2D eigenvalue weighted by Gasteiger charge is -2.18. The SMILES string of the molecule is CC[C@H](C)[C@H](N)C(=O)Nc1cccc(C)c1Br. The van der Waals surface area contributed by atoms with Crippen molar-refractivity contribution in [3.05, 3.63) is 28.2 Å². The van der Waals surface area contributed by atoms with E-state index in [1.165, 1.54) is 0 Å². The van der Waals surface area contributed by atoms with Gasteiger partial charge in [0.1, 0.15) is 0 Å². The molecule has 0 unspecified atom stereocenters. The van der Waals surface area contributed by atoms with Crippen LogP contribution in [0.5, 0.6) is 0 Å². The zero-order valence-corrected chi connectivity index (χ0v) is 12.0. The molecule has 1 aromatic rings. The van der Waals surface area contributed by atoms with E-state index in [4.69, 9.17) is 5.73 Å². The fourth-order valence-electron chi connectivity index (χ4n) is 1.47. The van der Waals surface area contributed by atoms with Crippen molar-refractivity contribution in [1.82, 2.24) is 0 Å². The number of carbonyl (C=O) groups is 1. The Morgan fingerprint density at radius 3 is 2.76 bits per heavy atom. The summed E-state index contributed by atoms with van der Waals surface area (Å²) in [7, 11) is 0. The van der Waals surface area contributed by atoms with Gasteiger partial charge in [-0.05, 0) is 40.4 Å². The number of aryl methyl sites for hydroxylation is 1. The van der Waals surface area contributed by atoms with E-state index in [1.807, 2.05) is 39.0 Å². The summed E-state index contributed by atoms with van der Waals surface area (Å²) in [6.45, 7) is 5.99. The van der Waals surface area contributed by atoms with E-state index in [1.54, 1.807) is 0 Å². The van der Waals surface area contributed by atoms with Gasteiger partial charge in [-0.15, -0.1) is 0 Å². The summed E-state index contributed by atoms with van der Waals surface area (Å²) in [5.41, 5.74) is 7.74. The predicted molar refractivity (Wildman–Crippen MR) is 74.9 cm³/mol. The van der Waals surface area contributed by atoms with Crippen LogP contribution in [0.1, 0.15) is 25.8 Å². The number of anilines is 1. The summed E-state index contributed by atoms with van der Waals surface area (Å²) in [5, 5.41) is 2.86. The second kappa shape index (κ2) is 6.17. The third-order valence-corrected chi connectivity index (χ3v) is 4.06. The van der Waals surface area contributed by atoms with Crippen LogP contribution in [-0.4, -0.2) is 11.9 Å². The van der Waals surface area contributed by atoms with Gasteiger partial charge in [0.2, 0.25) is 5.91 Å². The molecule has 0 aliphatic rings. The van der Waals surface area contributed by atoms with Crippen molar-refractivity contribution in [1.29, 1.82) is 0 Å².